The molecule has 0 heterocycles. The SMILES string of the molecule is Cc1ccccc1[C@H](/C=C\CC#CC1CCCCC1)[C@@H](O)c1ccc([N+](=O)[O-])cc1. The average Bonchev–Trinajstić information content (AvgIpc) is 2.77. The third kappa shape index (κ3) is 5.81. The summed E-state index contributed by atoms with van der Waals surface area (Å²) in [4.78, 5) is 10.5. The molecule has 156 valence electrons. The first-order chi connectivity index (χ1) is 14.6. The summed E-state index contributed by atoms with van der Waals surface area (Å²) in [6, 6.07) is 14.1. The Kier molecular flexibility index (Phi) is 7.82. The minimum Gasteiger partial charge on any atom is -0.387 e. The first-order valence-electron chi connectivity index (χ1n) is 10.7. The molecule has 0 amide bonds. The molecule has 0 radical (unpaired) electrons. The van der Waals surface area contributed by atoms with E-state index in [1.54, 1.807) is 12.1 Å². The third-order valence-electron chi connectivity index (χ3n) is 5.81. The molecule has 0 aliphatic heterocycles. The highest BCUT2D eigenvalue weighted by Crippen LogP contribution is 2.34. The summed E-state index contributed by atoms with van der Waals surface area (Å²) in [6.07, 6.45) is 10.2. The van der Waals surface area contributed by atoms with Gasteiger partial charge in [-0.2, -0.15) is 0 Å². The predicted octanol–water partition coefficient (Wildman–Crippen LogP) is 6.25. The van der Waals surface area contributed by atoms with Gasteiger partial charge in [-0.15, -0.1) is 0 Å². The van der Waals surface area contributed by atoms with Gasteiger partial charge in [-0.3, -0.25) is 10.1 Å². The molecule has 0 bridgehead atoms. The summed E-state index contributed by atoms with van der Waals surface area (Å²) >= 11 is 0. The molecule has 1 aliphatic carbocycles. The van der Waals surface area contributed by atoms with E-state index < -0.39 is 11.0 Å². The summed E-state index contributed by atoms with van der Waals surface area (Å²) in [5.41, 5.74) is 2.82. The number of non-ortho nitro benzene ring substituents is 1. The Labute approximate surface area is 178 Å². The lowest BCUT2D eigenvalue weighted by Crippen LogP contribution is -2.10. The number of rotatable bonds is 6. The van der Waals surface area contributed by atoms with Crippen LogP contribution in [0, 0.1) is 34.8 Å². The smallest absolute Gasteiger partial charge is 0.269 e. The molecule has 4 nitrogen and oxygen atoms in total. The number of nitro groups is 1. The molecule has 1 saturated carbocycles. The number of aliphatic hydroxyl groups excluding tert-OH is 1. The van der Waals surface area contributed by atoms with E-state index in [2.05, 4.69) is 11.8 Å². The van der Waals surface area contributed by atoms with Gasteiger partial charge in [0.25, 0.3) is 5.69 Å². The Hall–Kier alpha value is -2.90. The third-order valence-corrected chi connectivity index (χ3v) is 5.81. The van der Waals surface area contributed by atoms with Crippen LogP contribution in [0.25, 0.3) is 0 Å². The first kappa shape index (κ1) is 21.8. The van der Waals surface area contributed by atoms with E-state index in [4.69, 9.17) is 0 Å². The van der Waals surface area contributed by atoms with Crippen molar-refractivity contribution in [2.45, 2.75) is 57.5 Å². The summed E-state index contributed by atoms with van der Waals surface area (Å²) in [5, 5.41) is 22.0. The van der Waals surface area contributed by atoms with Crippen molar-refractivity contribution in [2.75, 3.05) is 0 Å². The van der Waals surface area contributed by atoms with Gasteiger partial charge in [-0.25, -0.2) is 0 Å². The van der Waals surface area contributed by atoms with Crippen molar-refractivity contribution in [2.24, 2.45) is 5.92 Å². The summed E-state index contributed by atoms with van der Waals surface area (Å²) in [5.74, 6) is 6.96. The topological polar surface area (TPSA) is 63.4 Å². The van der Waals surface area contributed by atoms with Gasteiger partial charge in [-0.1, -0.05) is 67.5 Å². The van der Waals surface area contributed by atoms with Crippen molar-refractivity contribution in [1.29, 1.82) is 0 Å². The monoisotopic (exact) mass is 403 g/mol. The van der Waals surface area contributed by atoms with Crippen molar-refractivity contribution >= 4 is 5.69 Å². The molecule has 0 saturated heterocycles. The Morgan fingerprint density at radius 3 is 2.50 bits per heavy atom. The molecule has 1 N–H and O–H groups in total. The van der Waals surface area contributed by atoms with Crippen molar-refractivity contribution in [3.05, 3.63) is 87.5 Å². The fraction of sp³-hybridized carbons (Fsp3) is 0.385. The highest BCUT2D eigenvalue weighted by atomic mass is 16.6. The van der Waals surface area contributed by atoms with Crippen LogP contribution in [0.4, 0.5) is 5.69 Å². The number of allylic oxidation sites excluding steroid dienone is 1. The number of aliphatic hydroxyl groups is 1. The van der Waals surface area contributed by atoms with E-state index in [1.807, 2.05) is 43.3 Å². The fourth-order valence-electron chi connectivity index (χ4n) is 4.06. The standard InChI is InChI=1S/C26H29NO3/c1-20-10-8-9-14-24(20)25(15-7-3-6-13-21-11-4-2-5-12-21)26(28)22-16-18-23(19-17-22)27(29)30/h7-10,14-19,21,25-26,28H,2-5,11-12H2,1H3/b15-7-/t25-,26-/m0/s1. The van der Waals surface area contributed by atoms with Gasteiger partial charge < -0.3 is 5.11 Å². The zero-order chi connectivity index (χ0) is 21.3. The Morgan fingerprint density at radius 1 is 1.13 bits per heavy atom. The van der Waals surface area contributed by atoms with Gasteiger partial charge in [0.2, 0.25) is 0 Å². The molecule has 0 spiro atoms. The lowest BCUT2D eigenvalue weighted by Gasteiger charge is -2.22. The van der Waals surface area contributed by atoms with Gasteiger partial charge in [0.1, 0.15) is 0 Å². The van der Waals surface area contributed by atoms with E-state index in [9.17, 15) is 15.2 Å². The van der Waals surface area contributed by atoms with Crippen LogP contribution in [0.1, 0.15) is 67.2 Å². The van der Waals surface area contributed by atoms with Crippen molar-refractivity contribution in [3.8, 4) is 11.8 Å². The molecule has 1 aliphatic rings. The van der Waals surface area contributed by atoms with Gasteiger partial charge in [0, 0.05) is 30.4 Å². The summed E-state index contributed by atoms with van der Waals surface area (Å²) < 4.78 is 0. The van der Waals surface area contributed by atoms with Gasteiger partial charge >= 0.3 is 0 Å². The van der Waals surface area contributed by atoms with E-state index in [0.29, 0.717) is 17.9 Å². The maximum absolute atomic E-state index is 11.1. The van der Waals surface area contributed by atoms with E-state index in [1.165, 1.54) is 44.2 Å². The van der Waals surface area contributed by atoms with Crippen LogP contribution in [0.2, 0.25) is 0 Å². The summed E-state index contributed by atoms with van der Waals surface area (Å²) in [6.45, 7) is 2.03. The number of hydrogen-bond donors (Lipinski definition) is 1. The molecule has 2 aromatic rings. The molecule has 3 rings (SSSR count). The highest BCUT2D eigenvalue weighted by Gasteiger charge is 2.22. The maximum Gasteiger partial charge on any atom is 0.269 e. The predicted molar refractivity (Wildman–Crippen MR) is 120 cm³/mol. The van der Waals surface area contributed by atoms with Gasteiger partial charge in [-0.05, 0) is 48.6 Å². The number of benzene rings is 2. The van der Waals surface area contributed by atoms with E-state index in [-0.39, 0.29) is 11.6 Å². The maximum atomic E-state index is 11.1. The second kappa shape index (κ2) is 10.8. The van der Waals surface area contributed by atoms with Gasteiger partial charge in [0.05, 0.1) is 11.0 Å². The molecule has 0 unspecified atom stereocenters. The lowest BCUT2D eigenvalue weighted by molar-refractivity contribution is -0.384. The largest absolute Gasteiger partial charge is 0.387 e. The van der Waals surface area contributed by atoms with Crippen LogP contribution in [0.3, 0.4) is 0 Å². The van der Waals surface area contributed by atoms with Crippen molar-refractivity contribution in [3.63, 3.8) is 0 Å². The van der Waals surface area contributed by atoms with E-state index in [0.717, 1.165) is 11.1 Å². The molecule has 0 aromatic heterocycles. The molecule has 1 fully saturated rings. The molecule has 4 heteroatoms. The molecule has 2 aromatic carbocycles. The van der Waals surface area contributed by atoms with Crippen LogP contribution in [-0.4, -0.2) is 10.0 Å². The van der Waals surface area contributed by atoms with E-state index >= 15 is 0 Å². The number of aryl methyl sites for hydroxylation is 1. The zero-order valence-corrected chi connectivity index (χ0v) is 17.5. The normalized spacial score (nSPS) is 16.6. The van der Waals surface area contributed by atoms with Crippen LogP contribution in [0.15, 0.2) is 60.7 Å². The Morgan fingerprint density at radius 2 is 1.83 bits per heavy atom. The second-order valence-electron chi connectivity index (χ2n) is 7.96. The summed E-state index contributed by atoms with van der Waals surface area (Å²) in [7, 11) is 0. The second-order valence-corrected chi connectivity index (χ2v) is 7.96. The number of hydrogen-bond acceptors (Lipinski definition) is 3. The number of nitrogens with zero attached hydrogens (tertiary/aromatic N) is 1. The molecular weight excluding hydrogens is 374 g/mol. The minimum absolute atomic E-state index is 0.0203. The van der Waals surface area contributed by atoms with Crippen LogP contribution in [0.5, 0.6) is 0 Å². The molecule has 30 heavy (non-hydrogen) atoms. The highest BCUT2D eigenvalue weighted by molar-refractivity contribution is 5.39. The van der Waals surface area contributed by atoms with Crippen LogP contribution >= 0.6 is 0 Å². The fourth-order valence-corrected chi connectivity index (χ4v) is 4.06. The molecule has 2 atom stereocenters. The minimum atomic E-state index is -0.797. The lowest BCUT2D eigenvalue weighted by atomic mass is 9.86. The Balaban J connectivity index is 1.77. The zero-order valence-electron chi connectivity index (χ0n) is 17.5. The van der Waals surface area contributed by atoms with Crippen molar-refractivity contribution in [1.82, 2.24) is 0 Å². The quantitative estimate of drug-likeness (QED) is 0.268. The van der Waals surface area contributed by atoms with Crippen LogP contribution in [-0.2, 0) is 0 Å². The van der Waals surface area contributed by atoms with Gasteiger partial charge in [0.15, 0.2) is 0 Å². The number of nitro benzene ring substituents is 1. The first-order valence-corrected chi connectivity index (χ1v) is 10.7. The average molecular weight is 404 g/mol. The Bertz CT molecular complexity index is 931. The molecular formula is C26H29NO3. The van der Waals surface area contributed by atoms with Crippen LogP contribution < -0.4 is 0 Å². The van der Waals surface area contributed by atoms with Crippen molar-refractivity contribution < 1.29 is 10.0 Å².